The predicted molar refractivity (Wildman–Crippen MR) is 57.5 cm³/mol. The van der Waals surface area contributed by atoms with E-state index in [2.05, 4.69) is 10.8 Å². The molecule has 0 amide bonds. The molecule has 0 aromatic heterocycles. The van der Waals surface area contributed by atoms with Gasteiger partial charge in [0.15, 0.2) is 0 Å². The summed E-state index contributed by atoms with van der Waals surface area (Å²) in [7, 11) is -4.39. The highest BCUT2D eigenvalue weighted by Crippen LogP contribution is 2.33. The maximum atomic E-state index is 10.6. The van der Waals surface area contributed by atoms with Crippen LogP contribution in [-0.2, 0) is 14.6 Å². The van der Waals surface area contributed by atoms with Crippen molar-refractivity contribution in [1.29, 1.82) is 0 Å². The van der Waals surface area contributed by atoms with Crippen molar-refractivity contribution in [2.75, 3.05) is 0 Å². The first-order valence-electron chi connectivity index (χ1n) is 4.80. The monoisotopic (exact) mass is 232 g/mol. The smallest absolute Gasteiger partial charge is 0.366 e. The van der Waals surface area contributed by atoms with Crippen molar-refractivity contribution in [2.24, 2.45) is 5.92 Å². The topological polar surface area (TPSA) is 63.6 Å². The molecule has 0 saturated carbocycles. The molecule has 0 unspecified atom stereocenters. The average Bonchev–Trinajstić information content (AvgIpc) is 2.06. The van der Waals surface area contributed by atoms with Crippen molar-refractivity contribution in [2.45, 2.75) is 33.1 Å². The van der Waals surface area contributed by atoms with Gasteiger partial charge in [-0.2, -0.15) is 8.42 Å². The summed E-state index contributed by atoms with van der Waals surface area (Å²) >= 11 is 0. The summed E-state index contributed by atoms with van der Waals surface area (Å²) in [5.41, 5.74) is 1.89. The summed E-state index contributed by atoms with van der Waals surface area (Å²) in [4.78, 5) is 0. The van der Waals surface area contributed by atoms with Crippen LogP contribution in [-0.4, -0.2) is 13.0 Å². The van der Waals surface area contributed by atoms with E-state index in [0.717, 1.165) is 24.0 Å². The van der Waals surface area contributed by atoms with Crippen LogP contribution >= 0.6 is 0 Å². The Morgan fingerprint density at radius 3 is 2.67 bits per heavy atom. The highest BCUT2D eigenvalue weighted by atomic mass is 32.3. The summed E-state index contributed by atoms with van der Waals surface area (Å²) in [5, 5.41) is 0. The number of allylic oxidation sites excluding steroid dienone is 3. The lowest BCUT2D eigenvalue weighted by molar-refractivity contribution is 0.296. The zero-order chi connectivity index (χ0) is 11.6. The second kappa shape index (κ2) is 4.37. The zero-order valence-electron chi connectivity index (χ0n) is 8.99. The van der Waals surface area contributed by atoms with Gasteiger partial charge in [0.2, 0.25) is 0 Å². The average molecular weight is 232 g/mol. The van der Waals surface area contributed by atoms with E-state index >= 15 is 0 Å². The van der Waals surface area contributed by atoms with Crippen LogP contribution in [0.25, 0.3) is 0 Å². The van der Waals surface area contributed by atoms with E-state index in [4.69, 9.17) is 4.55 Å². The minimum atomic E-state index is -4.39. The molecule has 1 N–H and O–H groups in total. The molecule has 15 heavy (non-hydrogen) atoms. The van der Waals surface area contributed by atoms with Crippen LogP contribution in [0.1, 0.15) is 33.1 Å². The second-order valence-electron chi connectivity index (χ2n) is 4.00. The molecule has 5 heteroatoms. The first-order chi connectivity index (χ1) is 6.79. The van der Waals surface area contributed by atoms with Gasteiger partial charge >= 0.3 is 10.4 Å². The van der Waals surface area contributed by atoms with Crippen LogP contribution in [0.4, 0.5) is 0 Å². The van der Waals surface area contributed by atoms with Gasteiger partial charge in [-0.1, -0.05) is 12.2 Å². The Hall–Kier alpha value is -0.810. The molecule has 0 aromatic carbocycles. The summed E-state index contributed by atoms with van der Waals surface area (Å²) in [6.45, 7) is 7.57. The lowest BCUT2D eigenvalue weighted by Crippen LogP contribution is -2.15. The lowest BCUT2D eigenvalue weighted by Gasteiger charge is -2.24. The van der Waals surface area contributed by atoms with Gasteiger partial charge < -0.3 is 4.18 Å². The van der Waals surface area contributed by atoms with Crippen LogP contribution in [0.2, 0.25) is 0 Å². The Balaban J connectivity index is 2.82. The Labute approximate surface area is 90.6 Å². The van der Waals surface area contributed by atoms with Gasteiger partial charge in [0, 0.05) is 6.42 Å². The van der Waals surface area contributed by atoms with Crippen molar-refractivity contribution in [1.82, 2.24) is 0 Å². The number of rotatable bonds is 3. The van der Waals surface area contributed by atoms with Crippen LogP contribution in [0.15, 0.2) is 23.5 Å². The summed E-state index contributed by atoms with van der Waals surface area (Å²) in [6.07, 6.45) is 2.24. The minimum absolute atomic E-state index is 0.241. The van der Waals surface area contributed by atoms with E-state index in [1.165, 1.54) is 0 Å². The number of hydrogen-bond donors (Lipinski definition) is 1. The molecule has 1 atom stereocenters. The zero-order valence-corrected chi connectivity index (χ0v) is 9.80. The summed E-state index contributed by atoms with van der Waals surface area (Å²) in [6, 6.07) is 0. The Morgan fingerprint density at radius 1 is 1.60 bits per heavy atom. The van der Waals surface area contributed by atoms with E-state index in [-0.39, 0.29) is 5.92 Å². The minimum Gasteiger partial charge on any atom is -0.366 e. The fourth-order valence-electron chi connectivity index (χ4n) is 1.68. The van der Waals surface area contributed by atoms with Gasteiger partial charge in [0.1, 0.15) is 5.76 Å². The second-order valence-corrected chi connectivity index (χ2v) is 5.02. The molecule has 1 rings (SSSR count). The molecule has 1 aliphatic rings. The van der Waals surface area contributed by atoms with Crippen molar-refractivity contribution in [3.05, 3.63) is 23.5 Å². The van der Waals surface area contributed by atoms with E-state index in [0.29, 0.717) is 12.2 Å². The molecule has 0 saturated heterocycles. The molecule has 0 spiro atoms. The summed E-state index contributed by atoms with van der Waals surface area (Å²) in [5.74, 6) is 0.599. The third-order valence-electron chi connectivity index (χ3n) is 2.68. The van der Waals surface area contributed by atoms with E-state index in [1.807, 2.05) is 13.8 Å². The fraction of sp³-hybridized carbons (Fsp3) is 0.600. The largest absolute Gasteiger partial charge is 0.446 e. The molecule has 0 aliphatic heterocycles. The van der Waals surface area contributed by atoms with Gasteiger partial charge in [-0.05, 0) is 38.2 Å². The molecule has 0 radical (unpaired) electrons. The van der Waals surface area contributed by atoms with Crippen molar-refractivity contribution < 1.29 is 17.2 Å². The molecule has 0 aromatic rings. The maximum Gasteiger partial charge on any atom is 0.446 e. The van der Waals surface area contributed by atoms with Crippen molar-refractivity contribution in [3.8, 4) is 0 Å². The Morgan fingerprint density at radius 2 is 2.20 bits per heavy atom. The standard InChI is InChI=1S/C10H16O4S/c1-7(2)9-5-4-8(3)10(6-9)14-15(11,12)13/h9H,1,4-6H2,2-3H3,(H,11,12,13)/t9-/m1/s1. The summed E-state index contributed by atoms with van der Waals surface area (Å²) < 4.78 is 34.3. The predicted octanol–water partition coefficient (Wildman–Crippen LogP) is 2.46. The Bertz CT molecular complexity index is 392. The third-order valence-corrected chi connectivity index (χ3v) is 3.09. The van der Waals surface area contributed by atoms with Crippen LogP contribution in [0, 0.1) is 5.92 Å². The molecule has 1 aliphatic carbocycles. The molecule has 0 heterocycles. The first kappa shape index (κ1) is 12.3. The Kier molecular flexibility index (Phi) is 3.57. The van der Waals surface area contributed by atoms with Crippen molar-refractivity contribution in [3.63, 3.8) is 0 Å². The van der Waals surface area contributed by atoms with Gasteiger partial charge in [-0.15, -0.1) is 0 Å². The van der Waals surface area contributed by atoms with Crippen molar-refractivity contribution >= 4 is 10.4 Å². The van der Waals surface area contributed by atoms with E-state index in [9.17, 15) is 8.42 Å². The van der Waals surface area contributed by atoms with Gasteiger partial charge in [-0.3, -0.25) is 4.55 Å². The lowest BCUT2D eigenvalue weighted by atomic mass is 9.85. The maximum absolute atomic E-state index is 10.6. The highest BCUT2D eigenvalue weighted by molar-refractivity contribution is 7.81. The van der Waals surface area contributed by atoms with Gasteiger partial charge in [-0.25, -0.2) is 0 Å². The molecular weight excluding hydrogens is 216 g/mol. The third kappa shape index (κ3) is 3.68. The van der Waals surface area contributed by atoms with Gasteiger partial charge in [0.25, 0.3) is 0 Å². The van der Waals surface area contributed by atoms with E-state index in [1.54, 1.807) is 0 Å². The van der Waals surface area contributed by atoms with Gasteiger partial charge in [0.05, 0.1) is 0 Å². The molecule has 0 bridgehead atoms. The van der Waals surface area contributed by atoms with Crippen LogP contribution < -0.4 is 0 Å². The molecule has 86 valence electrons. The molecule has 4 nitrogen and oxygen atoms in total. The van der Waals surface area contributed by atoms with E-state index < -0.39 is 10.4 Å². The molecular formula is C10H16O4S. The SMILES string of the molecule is C=C(C)[C@@H]1CCC(C)=C(OS(=O)(=O)O)C1. The number of hydrogen-bond acceptors (Lipinski definition) is 3. The highest BCUT2D eigenvalue weighted by Gasteiger charge is 2.23. The normalized spacial score (nSPS) is 22.7. The van der Waals surface area contributed by atoms with Crippen LogP contribution in [0.5, 0.6) is 0 Å². The fourth-order valence-corrected chi connectivity index (χ4v) is 2.15. The quantitative estimate of drug-likeness (QED) is 0.599. The first-order valence-corrected chi connectivity index (χ1v) is 6.17. The molecule has 0 fully saturated rings. The van der Waals surface area contributed by atoms with Crippen LogP contribution in [0.3, 0.4) is 0 Å².